The second kappa shape index (κ2) is 4.46. The van der Waals surface area contributed by atoms with Crippen molar-refractivity contribution in [3.8, 4) is 5.75 Å². The Morgan fingerprint density at radius 3 is 2.58 bits per heavy atom. The number of hydrogen-bond donors (Lipinski definition) is 1. The van der Waals surface area contributed by atoms with Crippen molar-refractivity contribution in [2.75, 3.05) is 7.11 Å². The lowest BCUT2D eigenvalue weighted by Crippen LogP contribution is -1.85. The molecule has 3 heteroatoms. The molecule has 0 aliphatic heterocycles. The quantitative estimate of drug-likeness (QED) is 0.690. The van der Waals surface area contributed by atoms with Crippen LogP contribution in [0.25, 0.3) is 21.8 Å². The highest BCUT2D eigenvalue weighted by molar-refractivity contribution is 6.32. The van der Waals surface area contributed by atoms with Gasteiger partial charge >= 0.3 is 0 Å². The Bertz CT molecular complexity index is 758. The Morgan fingerprint density at radius 2 is 1.89 bits per heavy atom. The fourth-order valence-corrected chi connectivity index (χ4v) is 2.68. The number of hydrogen-bond acceptors (Lipinski definition) is 1. The van der Waals surface area contributed by atoms with Crippen LogP contribution in [0.2, 0.25) is 5.02 Å². The lowest BCUT2D eigenvalue weighted by atomic mass is 10.0. The van der Waals surface area contributed by atoms with Gasteiger partial charge in [0.05, 0.1) is 12.6 Å². The molecule has 0 fully saturated rings. The molecule has 2 nitrogen and oxygen atoms in total. The van der Waals surface area contributed by atoms with E-state index in [0.29, 0.717) is 10.9 Å². The van der Waals surface area contributed by atoms with Gasteiger partial charge in [-0.2, -0.15) is 0 Å². The van der Waals surface area contributed by atoms with Crippen molar-refractivity contribution in [1.82, 2.24) is 4.98 Å². The first kappa shape index (κ1) is 12.4. The molecule has 2 aromatic carbocycles. The predicted octanol–water partition coefficient (Wildman–Crippen LogP) is 5.11. The Morgan fingerprint density at radius 1 is 1.11 bits per heavy atom. The van der Waals surface area contributed by atoms with Gasteiger partial charge in [0.15, 0.2) is 0 Å². The molecule has 0 bridgehead atoms. The molecule has 0 radical (unpaired) electrons. The Hall–Kier alpha value is -1.67. The molecule has 3 aromatic rings. The molecule has 0 unspecified atom stereocenters. The molecule has 19 heavy (non-hydrogen) atoms. The lowest BCUT2D eigenvalue weighted by molar-refractivity contribution is 0.419. The van der Waals surface area contributed by atoms with Gasteiger partial charge in [0.2, 0.25) is 0 Å². The number of methoxy groups -OCH3 is 1. The highest BCUT2D eigenvalue weighted by atomic mass is 35.5. The van der Waals surface area contributed by atoms with Gasteiger partial charge in [-0.05, 0) is 29.7 Å². The first-order chi connectivity index (χ1) is 9.10. The number of aromatic nitrogens is 1. The molecule has 1 N–H and O–H groups in total. The first-order valence-corrected chi connectivity index (χ1v) is 6.77. The third-order valence-electron chi connectivity index (χ3n) is 3.55. The zero-order chi connectivity index (χ0) is 13.6. The van der Waals surface area contributed by atoms with E-state index in [1.807, 2.05) is 12.1 Å². The highest BCUT2D eigenvalue weighted by Crippen LogP contribution is 2.35. The van der Waals surface area contributed by atoms with E-state index in [0.717, 1.165) is 22.2 Å². The second-order valence-corrected chi connectivity index (χ2v) is 5.55. The van der Waals surface area contributed by atoms with E-state index in [1.165, 1.54) is 10.9 Å². The van der Waals surface area contributed by atoms with Crippen LogP contribution in [0, 0.1) is 0 Å². The van der Waals surface area contributed by atoms with Crippen LogP contribution in [0.3, 0.4) is 0 Å². The van der Waals surface area contributed by atoms with Gasteiger partial charge < -0.3 is 9.72 Å². The van der Waals surface area contributed by atoms with Crippen molar-refractivity contribution < 1.29 is 4.74 Å². The van der Waals surface area contributed by atoms with E-state index in [2.05, 4.69) is 37.0 Å². The van der Waals surface area contributed by atoms with Crippen molar-refractivity contribution in [2.45, 2.75) is 19.8 Å². The molecule has 0 spiro atoms. The van der Waals surface area contributed by atoms with Crippen LogP contribution in [-0.2, 0) is 0 Å². The summed E-state index contributed by atoms with van der Waals surface area (Å²) in [5.41, 5.74) is 3.44. The number of benzene rings is 2. The van der Waals surface area contributed by atoms with E-state index in [-0.39, 0.29) is 0 Å². The third kappa shape index (κ3) is 1.96. The van der Waals surface area contributed by atoms with Crippen molar-refractivity contribution >= 4 is 33.4 Å². The minimum atomic E-state index is 0.510. The van der Waals surface area contributed by atoms with Crippen LogP contribution in [0.15, 0.2) is 30.3 Å². The number of halogens is 1. The summed E-state index contributed by atoms with van der Waals surface area (Å²) >= 11 is 6.17. The standard InChI is InChI=1S/C16H16ClNO/c1-9(2)10-4-5-14-12(6-10)13-7-11(17)8-15(19-3)16(13)18-14/h4-9,18H,1-3H3. The zero-order valence-electron chi connectivity index (χ0n) is 11.3. The maximum Gasteiger partial charge on any atom is 0.144 e. The summed E-state index contributed by atoms with van der Waals surface area (Å²) in [6.07, 6.45) is 0. The lowest BCUT2D eigenvalue weighted by Gasteiger charge is -2.05. The minimum Gasteiger partial charge on any atom is -0.495 e. The molecule has 0 aliphatic carbocycles. The normalized spacial score (nSPS) is 11.6. The second-order valence-electron chi connectivity index (χ2n) is 5.12. The van der Waals surface area contributed by atoms with Gasteiger partial charge in [0.1, 0.15) is 5.75 Å². The summed E-state index contributed by atoms with van der Waals surface area (Å²) in [4.78, 5) is 3.41. The largest absolute Gasteiger partial charge is 0.495 e. The predicted molar refractivity (Wildman–Crippen MR) is 81.5 cm³/mol. The van der Waals surface area contributed by atoms with Crippen LogP contribution in [0.4, 0.5) is 0 Å². The molecular weight excluding hydrogens is 258 g/mol. The molecule has 0 amide bonds. The van der Waals surface area contributed by atoms with Crippen molar-refractivity contribution in [2.24, 2.45) is 0 Å². The van der Waals surface area contributed by atoms with Crippen LogP contribution >= 0.6 is 11.6 Å². The van der Waals surface area contributed by atoms with E-state index < -0.39 is 0 Å². The SMILES string of the molecule is COc1cc(Cl)cc2c1[nH]c1ccc(C(C)C)cc12. The summed E-state index contributed by atoms with van der Waals surface area (Å²) in [5, 5.41) is 3.00. The smallest absolute Gasteiger partial charge is 0.144 e. The van der Waals surface area contributed by atoms with E-state index >= 15 is 0 Å². The van der Waals surface area contributed by atoms with Crippen molar-refractivity contribution in [1.29, 1.82) is 0 Å². The maximum absolute atomic E-state index is 6.17. The Balaban J connectivity index is 2.40. The minimum absolute atomic E-state index is 0.510. The van der Waals surface area contributed by atoms with Crippen LogP contribution < -0.4 is 4.74 Å². The van der Waals surface area contributed by atoms with E-state index in [9.17, 15) is 0 Å². The van der Waals surface area contributed by atoms with Gasteiger partial charge in [0.25, 0.3) is 0 Å². The summed E-state index contributed by atoms with van der Waals surface area (Å²) in [7, 11) is 1.66. The van der Waals surface area contributed by atoms with Gasteiger partial charge in [-0.15, -0.1) is 0 Å². The molecule has 3 rings (SSSR count). The van der Waals surface area contributed by atoms with Crippen LogP contribution in [0.1, 0.15) is 25.3 Å². The summed E-state index contributed by atoms with van der Waals surface area (Å²) in [5.74, 6) is 1.29. The maximum atomic E-state index is 6.17. The van der Waals surface area contributed by atoms with E-state index in [4.69, 9.17) is 16.3 Å². The number of fused-ring (bicyclic) bond motifs is 3. The number of rotatable bonds is 2. The van der Waals surface area contributed by atoms with Gasteiger partial charge in [-0.3, -0.25) is 0 Å². The number of H-pyrrole nitrogens is 1. The van der Waals surface area contributed by atoms with Gasteiger partial charge in [0, 0.05) is 27.4 Å². The zero-order valence-corrected chi connectivity index (χ0v) is 12.0. The van der Waals surface area contributed by atoms with Gasteiger partial charge in [-0.1, -0.05) is 31.5 Å². The Labute approximate surface area is 117 Å². The van der Waals surface area contributed by atoms with Crippen molar-refractivity contribution in [3.05, 3.63) is 40.9 Å². The van der Waals surface area contributed by atoms with Crippen LogP contribution in [-0.4, -0.2) is 12.1 Å². The average Bonchev–Trinajstić information content (AvgIpc) is 2.75. The fraction of sp³-hybridized carbons (Fsp3) is 0.250. The molecular formula is C16H16ClNO. The molecule has 1 aromatic heterocycles. The molecule has 98 valence electrons. The summed E-state index contributed by atoms with van der Waals surface area (Å²) in [6.45, 7) is 4.40. The molecule has 0 atom stereocenters. The number of aromatic amines is 1. The van der Waals surface area contributed by atoms with Crippen molar-refractivity contribution in [3.63, 3.8) is 0 Å². The van der Waals surface area contributed by atoms with Gasteiger partial charge in [-0.25, -0.2) is 0 Å². The summed E-state index contributed by atoms with van der Waals surface area (Å²) < 4.78 is 5.40. The fourth-order valence-electron chi connectivity index (χ4n) is 2.47. The monoisotopic (exact) mass is 273 g/mol. The van der Waals surface area contributed by atoms with Crippen LogP contribution in [0.5, 0.6) is 5.75 Å². The Kier molecular flexibility index (Phi) is 2.90. The average molecular weight is 274 g/mol. The topological polar surface area (TPSA) is 25.0 Å². The number of nitrogens with one attached hydrogen (secondary N) is 1. The third-order valence-corrected chi connectivity index (χ3v) is 3.77. The van der Waals surface area contributed by atoms with E-state index in [1.54, 1.807) is 7.11 Å². The summed E-state index contributed by atoms with van der Waals surface area (Å²) in [6, 6.07) is 10.3. The first-order valence-electron chi connectivity index (χ1n) is 6.39. The molecule has 0 saturated heterocycles. The molecule has 0 saturated carbocycles. The molecule has 0 aliphatic rings. The number of ether oxygens (including phenoxy) is 1. The molecule has 1 heterocycles. The highest BCUT2D eigenvalue weighted by Gasteiger charge is 2.11.